The van der Waals surface area contributed by atoms with Gasteiger partial charge in [0.15, 0.2) is 5.82 Å². The largest absolute Gasteiger partial charge is 0.342 e. The summed E-state index contributed by atoms with van der Waals surface area (Å²) in [4.78, 5) is 48.8. The number of hydrogen-bond acceptors (Lipinski definition) is 8. The lowest BCUT2D eigenvalue weighted by molar-refractivity contribution is -0.124. The molecule has 3 rings (SSSR count). The van der Waals surface area contributed by atoms with Crippen molar-refractivity contribution in [3.05, 3.63) is 77.5 Å². The highest BCUT2D eigenvalue weighted by Crippen LogP contribution is 2.27. The number of ketones is 1. The molecule has 0 spiro atoms. The van der Waals surface area contributed by atoms with E-state index in [0.717, 1.165) is 0 Å². The number of nitrogens with zero attached hydrogens (tertiary/aromatic N) is 4. The van der Waals surface area contributed by atoms with E-state index in [2.05, 4.69) is 25.9 Å². The quantitative estimate of drug-likeness (QED) is 0.208. The van der Waals surface area contributed by atoms with Crippen molar-refractivity contribution in [3.63, 3.8) is 0 Å². The number of amides is 2. The maximum Gasteiger partial charge on any atom is 0.294 e. The van der Waals surface area contributed by atoms with Gasteiger partial charge in [-0.05, 0) is 44.4 Å². The zero-order chi connectivity index (χ0) is 26.9. The first kappa shape index (κ1) is 27.3. The Morgan fingerprint density at radius 2 is 1.70 bits per heavy atom. The Morgan fingerprint density at radius 1 is 0.973 bits per heavy atom. The smallest absolute Gasteiger partial charge is 0.294 e. The molecule has 0 bridgehead atoms. The average molecular weight is 522 g/mol. The van der Waals surface area contributed by atoms with Gasteiger partial charge in [0.05, 0.1) is 17.4 Å². The van der Waals surface area contributed by atoms with Gasteiger partial charge in [-0.3, -0.25) is 14.4 Å². The van der Waals surface area contributed by atoms with Gasteiger partial charge in [-0.25, -0.2) is 4.98 Å². The fourth-order valence-electron chi connectivity index (χ4n) is 3.11. The Morgan fingerprint density at radius 3 is 2.43 bits per heavy atom. The molecule has 0 saturated heterocycles. The lowest BCUT2D eigenvalue weighted by Gasteiger charge is -2.14. The van der Waals surface area contributed by atoms with Crippen LogP contribution >= 0.6 is 11.6 Å². The first-order valence-electron chi connectivity index (χ1n) is 11.3. The van der Waals surface area contributed by atoms with E-state index >= 15 is 0 Å². The minimum Gasteiger partial charge on any atom is -0.342 e. The molecule has 3 aromatic rings. The SMILES string of the molecule is CN(C)C/C=C/C(=O)Nc1cccc(Nc2ncc(Cl)c(Nc3ccccc3C(=O)C(=O)N(C)C)n2)c1. The van der Waals surface area contributed by atoms with Gasteiger partial charge in [-0.15, -0.1) is 0 Å². The van der Waals surface area contributed by atoms with Crippen LogP contribution in [-0.2, 0) is 9.59 Å². The first-order valence-corrected chi connectivity index (χ1v) is 11.7. The van der Waals surface area contributed by atoms with Gasteiger partial charge in [0.1, 0.15) is 5.02 Å². The number of Topliss-reactive ketones (excluding diaryl/α,β-unsaturated/α-hetero) is 1. The van der Waals surface area contributed by atoms with Crippen LogP contribution in [0.1, 0.15) is 10.4 Å². The van der Waals surface area contributed by atoms with E-state index in [1.807, 2.05) is 19.0 Å². The minimum absolute atomic E-state index is 0.188. The second kappa shape index (κ2) is 12.6. The zero-order valence-electron chi connectivity index (χ0n) is 20.9. The van der Waals surface area contributed by atoms with Crippen molar-refractivity contribution in [3.8, 4) is 0 Å². The van der Waals surface area contributed by atoms with E-state index in [-0.39, 0.29) is 28.3 Å². The molecule has 0 aliphatic carbocycles. The molecule has 0 radical (unpaired) electrons. The highest BCUT2D eigenvalue weighted by atomic mass is 35.5. The molecule has 0 aliphatic rings. The van der Waals surface area contributed by atoms with Crippen LogP contribution in [0.4, 0.5) is 28.8 Å². The zero-order valence-corrected chi connectivity index (χ0v) is 21.7. The Labute approximate surface area is 220 Å². The molecule has 192 valence electrons. The number of likely N-dealkylation sites (N-methyl/N-ethyl adjacent to an activating group) is 2. The first-order chi connectivity index (χ1) is 17.6. The summed E-state index contributed by atoms with van der Waals surface area (Å²) >= 11 is 6.31. The fourth-order valence-corrected chi connectivity index (χ4v) is 3.25. The molecule has 37 heavy (non-hydrogen) atoms. The molecule has 1 aromatic heterocycles. The van der Waals surface area contributed by atoms with Crippen LogP contribution in [0.2, 0.25) is 5.02 Å². The number of nitrogens with one attached hydrogen (secondary N) is 3. The molecule has 10 nitrogen and oxygen atoms in total. The molecule has 2 aromatic carbocycles. The van der Waals surface area contributed by atoms with E-state index in [4.69, 9.17) is 11.6 Å². The number of hydrogen-bond donors (Lipinski definition) is 3. The highest BCUT2D eigenvalue weighted by molar-refractivity contribution is 6.43. The van der Waals surface area contributed by atoms with Gasteiger partial charge < -0.3 is 25.8 Å². The Kier molecular flexibility index (Phi) is 9.31. The van der Waals surface area contributed by atoms with Gasteiger partial charge in [0.2, 0.25) is 11.9 Å². The van der Waals surface area contributed by atoms with Crippen molar-refractivity contribution in [1.29, 1.82) is 0 Å². The summed E-state index contributed by atoms with van der Waals surface area (Å²) in [5.41, 5.74) is 1.79. The molecule has 0 unspecified atom stereocenters. The second-order valence-corrected chi connectivity index (χ2v) is 8.86. The van der Waals surface area contributed by atoms with Gasteiger partial charge in [0.25, 0.3) is 11.7 Å². The molecule has 2 amide bonds. The molecule has 0 fully saturated rings. The van der Waals surface area contributed by atoms with Gasteiger partial charge >= 0.3 is 0 Å². The molecular weight excluding hydrogens is 494 g/mol. The van der Waals surface area contributed by atoms with Crippen molar-refractivity contribution in [2.75, 3.05) is 50.7 Å². The van der Waals surface area contributed by atoms with Crippen LogP contribution in [-0.4, -0.2) is 72.1 Å². The van der Waals surface area contributed by atoms with Crippen molar-refractivity contribution >= 4 is 58.0 Å². The predicted octanol–water partition coefficient (Wildman–Crippen LogP) is 3.94. The van der Waals surface area contributed by atoms with E-state index in [0.29, 0.717) is 23.6 Å². The molecule has 1 heterocycles. The van der Waals surface area contributed by atoms with E-state index in [9.17, 15) is 14.4 Å². The third-order valence-electron chi connectivity index (χ3n) is 4.90. The topological polar surface area (TPSA) is 120 Å². The lowest BCUT2D eigenvalue weighted by atomic mass is 10.1. The average Bonchev–Trinajstić information content (AvgIpc) is 2.85. The third kappa shape index (κ3) is 7.86. The summed E-state index contributed by atoms with van der Waals surface area (Å²) in [6.07, 6.45) is 4.67. The minimum atomic E-state index is -0.660. The van der Waals surface area contributed by atoms with Crippen molar-refractivity contribution < 1.29 is 14.4 Å². The molecule has 0 atom stereocenters. The van der Waals surface area contributed by atoms with Gasteiger partial charge in [-0.2, -0.15) is 4.98 Å². The third-order valence-corrected chi connectivity index (χ3v) is 5.17. The number of rotatable bonds is 10. The van der Waals surface area contributed by atoms with Crippen molar-refractivity contribution in [1.82, 2.24) is 19.8 Å². The number of benzene rings is 2. The summed E-state index contributed by atoms with van der Waals surface area (Å²) in [5, 5.41) is 9.13. The van der Waals surface area contributed by atoms with Crippen molar-refractivity contribution in [2.45, 2.75) is 0 Å². The van der Waals surface area contributed by atoms with Crippen LogP contribution in [0.25, 0.3) is 0 Å². The molecular formula is C26H28ClN7O3. The van der Waals surface area contributed by atoms with E-state index in [1.165, 1.54) is 31.3 Å². The molecule has 3 N–H and O–H groups in total. The number of carbonyl (C=O) groups excluding carboxylic acids is 3. The number of halogens is 1. The van der Waals surface area contributed by atoms with Gasteiger partial charge in [-0.1, -0.05) is 35.9 Å². The Hall–Kier alpha value is -4.28. The van der Waals surface area contributed by atoms with Crippen LogP contribution in [0.15, 0.2) is 66.9 Å². The summed E-state index contributed by atoms with van der Waals surface area (Å²) in [7, 11) is 6.86. The van der Waals surface area contributed by atoms with Crippen LogP contribution in [0.5, 0.6) is 0 Å². The summed E-state index contributed by atoms with van der Waals surface area (Å²) in [5.74, 6) is -1.08. The number of anilines is 5. The van der Waals surface area contributed by atoms with Crippen LogP contribution in [0.3, 0.4) is 0 Å². The fraction of sp³-hybridized carbons (Fsp3) is 0.192. The summed E-state index contributed by atoms with van der Waals surface area (Å²) in [6, 6.07) is 13.7. The summed E-state index contributed by atoms with van der Waals surface area (Å²) < 4.78 is 0. The van der Waals surface area contributed by atoms with Crippen LogP contribution < -0.4 is 16.0 Å². The standard InChI is InChI=1S/C26H28ClN7O3/c1-33(2)14-8-13-22(35)29-17-9-7-10-18(15-17)30-26-28-16-20(27)24(32-26)31-21-12-6-5-11-19(21)23(36)25(37)34(3)4/h5-13,15-16H,14H2,1-4H3,(H,29,35)(H2,28,30,31,32)/b13-8+. The molecule has 11 heteroatoms. The maximum absolute atomic E-state index is 12.6. The lowest BCUT2D eigenvalue weighted by Crippen LogP contribution is -2.30. The number of aromatic nitrogens is 2. The Balaban J connectivity index is 1.76. The molecule has 0 saturated carbocycles. The molecule has 0 aliphatic heterocycles. The van der Waals surface area contributed by atoms with Crippen molar-refractivity contribution in [2.24, 2.45) is 0 Å². The van der Waals surface area contributed by atoms with E-state index < -0.39 is 11.7 Å². The Bertz CT molecular complexity index is 1330. The number of para-hydroxylation sites is 1. The highest BCUT2D eigenvalue weighted by Gasteiger charge is 2.21. The summed E-state index contributed by atoms with van der Waals surface area (Å²) in [6.45, 7) is 0.657. The van der Waals surface area contributed by atoms with Crippen LogP contribution in [0, 0.1) is 0 Å². The van der Waals surface area contributed by atoms with Gasteiger partial charge in [0, 0.05) is 38.1 Å². The maximum atomic E-state index is 12.6. The monoisotopic (exact) mass is 521 g/mol. The van der Waals surface area contributed by atoms with E-state index in [1.54, 1.807) is 54.6 Å². The normalized spacial score (nSPS) is 10.9. The second-order valence-electron chi connectivity index (χ2n) is 8.45. The predicted molar refractivity (Wildman–Crippen MR) is 146 cm³/mol. The number of carbonyl (C=O) groups is 3.